The second kappa shape index (κ2) is 10.7. The Balaban J connectivity index is 1.66. The lowest BCUT2D eigenvalue weighted by Crippen LogP contribution is -2.37. The molecule has 1 aliphatic heterocycles. The van der Waals surface area contributed by atoms with Crippen LogP contribution in [0.25, 0.3) is 11.1 Å². The normalized spacial score (nSPS) is 14.2. The molecule has 2 aromatic heterocycles. The number of likely N-dealkylation sites (N-methyl/N-ethyl adjacent to an activating group) is 1. The van der Waals surface area contributed by atoms with Crippen LogP contribution in [0.4, 0.5) is 11.8 Å². The Morgan fingerprint density at radius 2 is 1.79 bits per heavy atom. The van der Waals surface area contributed by atoms with E-state index in [4.69, 9.17) is 4.74 Å². The molecule has 33 heavy (non-hydrogen) atoms. The first-order valence-corrected chi connectivity index (χ1v) is 10.9. The molecule has 1 fully saturated rings. The second-order valence-electron chi connectivity index (χ2n) is 7.58. The standard InChI is InChI=1S/C25H26N6O2/c1-18(26-2)24(32)30-23-11-9-21(22(29-23)10-8-19-6-4-3-5-7-19)20-16-27-25(28-17-20)31-12-14-33-15-13-31/h3-7,9,11,16-18,26H,12-15H2,1-2H3,(H,29,30,32). The quantitative estimate of drug-likeness (QED) is 0.586. The van der Waals surface area contributed by atoms with E-state index in [0.717, 1.165) is 29.8 Å². The van der Waals surface area contributed by atoms with E-state index in [2.05, 4.69) is 42.3 Å². The van der Waals surface area contributed by atoms with Crippen LogP contribution < -0.4 is 15.5 Å². The number of ether oxygens (including phenoxy) is 1. The molecular weight excluding hydrogens is 416 g/mol. The molecular formula is C25H26N6O2. The fourth-order valence-corrected chi connectivity index (χ4v) is 3.26. The minimum Gasteiger partial charge on any atom is -0.378 e. The van der Waals surface area contributed by atoms with E-state index in [-0.39, 0.29) is 11.9 Å². The first-order chi connectivity index (χ1) is 16.1. The van der Waals surface area contributed by atoms with Gasteiger partial charge in [-0.15, -0.1) is 0 Å². The largest absolute Gasteiger partial charge is 0.378 e. The monoisotopic (exact) mass is 442 g/mol. The molecule has 1 aromatic carbocycles. The second-order valence-corrected chi connectivity index (χ2v) is 7.58. The summed E-state index contributed by atoms with van der Waals surface area (Å²) >= 11 is 0. The zero-order valence-corrected chi connectivity index (χ0v) is 18.7. The lowest BCUT2D eigenvalue weighted by Gasteiger charge is -2.26. The van der Waals surface area contributed by atoms with Gasteiger partial charge in [0.05, 0.1) is 19.3 Å². The fourth-order valence-electron chi connectivity index (χ4n) is 3.26. The zero-order valence-electron chi connectivity index (χ0n) is 18.7. The molecule has 0 spiro atoms. The van der Waals surface area contributed by atoms with E-state index in [1.807, 2.05) is 36.4 Å². The average molecular weight is 443 g/mol. The lowest BCUT2D eigenvalue weighted by molar-refractivity contribution is -0.117. The van der Waals surface area contributed by atoms with Crippen LogP contribution in [0.5, 0.6) is 0 Å². The summed E-state index contributed by atoms with van der Waals surface area (Å²) in [7, 11) is 1.73. The number of nitrogens with one attached hydrogen (secondary N) is 2. The molecule has 1 aliphatic rings. The molecule has 0 aliphatic carbocycles. The number of amides is 1. The van der Waals surface area contributed by atoms with E-state index >= 15 is 0 Å². The fraction of sp³-hybridized carbons (Fsp3) is 0.280. The highest BCUT2D eigenvalue weighted by Gasteiger charge is 2.16. The van der Waals surface area contributed by atoms with Gasteiger partial charge in [0, 0.05) is 42.2 Å². The van der Waals surface area contributed by atoms with E-state index in [0.29, 0.717) is 30.7 Å². The van der Waals surface area contributed by atoms with Crippen LogP contribution in [0.3, 0.4) is 0 Å². The van der Waals surface area contributed by atoms with Crippen LogP contribution in [-0.4, -0.2) is 60.3 Å². The van der Waals surface area contributed by atoms with Crippen LogP contribution in [0, 0.1) is 11.8 Å². The van der Waals surface area contributed by atoms with Gasteiger partial charge in [0.25, 0.3) is 0 Å². The summed E-state index contributed by atoms with van der Waals surface area (Å²) in [5.41, 5.74) is 3.02. The number of morpholine rings is 1. The van der Waals surface area contributed by atoms with Crippen LogP contribution in [0.1, 0.15) is 18.2 Å². The van der Waals surface area contributed by atoms with Crippen molar-refractivity contribution in [2.24, 2.45) is 0 Å². The molecule has 168 valence electrons. The van der Waals surface area contributed by atoms with E-state index in [9.17, 15) is 4.79 Å². The molecule has 4 rings (SSSR count). The van der Waals surface area contributed by atoms with Crippen molar-refractivity contribution in [1.29, 1.82) is 0 Å². The Morgan fingerprint density at radius 1 is 1.06 bits per heavy atom. The van der Waals surface area contributed by atoms with Gasteiger partial charge >= 0.3 is 0 Å². The van der Waals surface area contributed by atoms with Crippen molar-refractivity contribution < 1.29 is 9.53 Å². The van der Waals surface area contributed by atoms with E-state index in [1.54, 1.807) is 32.4 Å². The number of carbonyl (C=O) groups is 1. The highest BCUT2D eigenvalue weighted by molar-refractivity contribution is 5.94. The number of carbonyl (C=O) groups excluding carboxylic acids is 1. The third kappa shape index (κ3) is 5.71. The predicted octanol–water partition coefficient (Wildman–Crippen LogP) is 2.32. The third-order valence-electron chi connectivity index (χ3n) is 5.31. The van der Waals surface area contributed by atoms with Crippen LogP contribution in [0.15, 0.2) is 54.9 Å². The van der Waals surface area contributed by atoms with Gasteiger partial charge in [0.15, 0.2) is 0 Å². The van der Waals surface area contributed by atoms with Gasteiger partial charge in [-0.3, -0.25) is 4.79 Å². The molecule has 0 bridgehead atoms. The van der Waals surface area contributed by atoms with Crippen molar-refractivity contribution in [3.8, 4) is 23.0 Å². The van der Waals surface area contributed by atoms with Crippen molar-refractivity contribution in [2.75, 3.05) is 43.6 Å². The van der Waals surface area contributed by atoms with E-state index in [1.165, 1.54) is 0 Å². The Morgan fingerprint density at radius 3 is 2.48 bits per heavy atom. The Bertz CT molecular complexity index is 1150. The smallest absolute Gasteiger partial charge is 0.242 e. The van der Waals surface area contributed by atoms with Crippen LogP contribution >= 0.6 is 0 Å². The molecule has 3 heterocycles. The lowest BCUT2D eigenvalue weighted by atomic mass is 10.1. The summed E-state index contributed by atoms with van der Waals surface area (Å²) in [4.78, 5) is 28.1. The van der Waals surface area contributed by atoms with Crippen molar-refractivity contribution in [2.45, 2.75) is 13.0 Å². The molecule has 2 N–H and O–H groups in total. The number of anilines is 2. The summed E-state index contributed by atoms with van der Waals surface area (Å²) in [5.74, 6) is 7.25. The minimum absolute atomic E-state index is 0.169. The molecule has 0 saturated carbocycles. The molecule has 3 aromatic rings. The maximum atomic E-state index is 12.3. The van der Waals surface area contributed by atoms with E-state index < -0.39 is 0 Å². The van der Waals surface area contributed by atoms with Gasteiger partial charge in [-0.25, -0.2) is 15.0 Å². The SMILES string of the molecule is CNC(C)C(=O)Nc1ccc(-c2cnc(N3CCOCC3)nc2)c(C#Cc2ccccc2)n1. The first-order valence-electron chi connectivity index (χ1n) is 10.9. The Labute approximate surface area is 193 Å². The number of aromatic nitrogens is 3. The number of hydrogen-bond acceptors (Lipinski definition) is 7. The average Bonchev–Trinajstić information content (AvgIpc) is 2.88. The first kappa shape index (κ1) is 22.4. The molecule has 8 nitrogen and oxygen atoms in total. The van der Waals surface area contributed by atoms with Gasteiger partial charge in [-0.1, -0.05) is 24.1 Å². The van der Waals surface area contributed by atoms with Crippen molar-refractivity contribution >= 4 is 17.7 Å². The van der Waals surface area contributed by atoms with Crippen molar-refractivity contribution in [3.05, 3.63) is 66.1 Å². The van der Waals surface area contributed by atoms with Crippen molar-refractivity contribution in [3.63, 3.8) is 0 Å². The zero-order chi connectivity index (χ0) is 23.0. The van der Waals surface area contributed by atoms with Gasteiger partial charge in [0.1, 0.15) is 11.5 Å². The highest BCUT2D eigenvalue weighted by Crippen LogP contribution is 2.24. The summed E-state index contributed by atoms with van der Waals surface area (Å²) in [6, 6.07) is 13.0. The summed E-state index contributed by atoms with van der Waals surface area (Å²) in [6.45, 7) is 4.68. The predicted molar refractivity (Wildman–Crippen MR) is 128 cm³/mol. The maximum absolute atomic E-state index is 12.3. The molecule has 1 unspecified atom stereocenters. The van der Waals surface area contributed by atoms with Gasteiger partial charge in [0.2, 0.25) is 11.9 Å². The summed E-state index contributed by atoms with van der Waals surface area (Å²) in [6.07, 6.45) is 3.56. The molecule has 1 amide bonds. The van der Waals surface area contributed by atoms with Crippen LogP contribution in [0.2, 0.25) is 0 Å². The van der Waals surface area contributed by atoms with Crippen LogP contribution in [-0.2, 0) is 9.53 Å². The minimum atomic E-state index is -0.341. The third-order valence-corrected chi connectivity index (χ3v) is 5.31. The Hall–Kier alpha value is -3.80. The Kier molecular flexibility index (Phi) is 7.25. The number of nitrogens with zero attached hydrogens (tertiary/aromatic N) is 4. The molecule has 0 radical (unpaired) electrons. The topological polar surface area (TPSA) is 92.3 Å². The number of pyridine rings is 1. The number of hydrogen-bond donors (Lipinski definition) is 2. The summed E-state index contributed by atoms with van der Waals surface area (Å²) < 4.78 is 5.40. The number of rotatable bonds is 5. The van der Waals surface area contributed by atoms with Gasteiger partial charge < -0.3 is 20.3 Å². The van der Waals surface area contributed by atoms with Gasteiger partial charge in [-0.2, -0.15) is 0 Å². The van der Waals surface area contributed by atoms with Crippen molar-refractivity contribution in [1.82, 2.24) is 20.3 Å². The highest BCUT2D eigenvalue weighted by atomic mass is 16.5. The molecule has 1 saturated heterocycles. The summed E-state index contributed by atoms with van der Waals surface area (Å²) in [5, 5.41) is 5.75. The maximum Gasteiger partial charge on any atom is 0.242 e. The molecule has 8 heteroatoms. The number of benzene rings is 1. The molecule has 1 atom stereocenters. The van der Waals surface area contributed by atoms with Gasteiger partial charge in [-0.05, 0) is 44.2 Å².